The molecule has 1 aliphatic carbocycles. The van der Waals surface area contributed by atoms with Gasteiger partial charge in [0.25, 0.3) is 0 Å². The van der Waals surface area contributed by atoms with Crippen molar-refractivity contribution in [2.24, 2.45) is 0 Å². The largest absolute Gasteiger partial charge is 0.352 e. The van der Waals surface area contributed by atoms with Gasteiger partial charge in [-0.05, 0) is 55.5 Å². The topological polar surface area (TPSA) is 81.3 Å². The fourth-order valence-electron chi connectivity index (χ4n) is 3.83. The number of fused-ring (bicyclic) bond motifs is 5. The van der Waals surface area contributed by atoms with Crippen LogP contribution in [0.1, 0.15) is 29.7 Å². The van der Waals surface area contributed by atoms with Gasteiger partial charge in [0.05, 0.1) is 5.39 Å². The summed E-state index contributed by atoms with van der Waals surface area (Å²) in [6.45, 7) is -0.170. The molecule has 0 spiro atoms. The van der Waals surface area contributed by atoms with Gasteiger partial charge in [-0.2, -0.15) is 0 Å². The van der Waals surface area contributed by atoms with Crippen molar-refractivity contribution in [1.82, 2.24) is 19.2 Å². The number of nitrogens with zero attached hydrogens (tertiary/aromatic N) is 4. The van der Waals surface area contributed by atoms with Crippen LogP contribution >= 0.6 is 22.9 Å². The molecule has 0 aliphatic heterocycles. The number of thiophene rings is 1. The highest BCUT2D eigenvalue weighted by Crippen LogP contribution is 2.35. The molecule has 148 valence electrons. The average molecular weight is 428 g/mol. The van der Waals surface area contributed by atoms with Crippen molar-refractivity contribution in [1.29, 1.82) is 0 Å². The fourth-order valence-corrected chi connectivity index (χ4v) is 5.18. The van der Waals surface area contributed by atoms with Crippen LogP contribution in [0.2, 0.25) is 5.02 Å². The minimum absolute atomic E-state index is 0.170. The molecule has 7 nitrogen and oxygen atoms in total. The summed E-state index contributed by atoms with van der Waals surface area (Å²) in [4.78, 5) is 32.0. The zero-order valence-corrected chi connectivity index (χ0v) is 17.1. The molecule has 5 rings (SSSR count). The first kappa shape index (κ1) is 18.3. The van der Waals surface area contributed by atoms with Crippen LogP contribution in [0.5, 0.6) is 0 Å². The van der Waals surface area contributed by atoms with Crippen molar-refractivity contribution < 1.29 is 4.79 Å². The van der Waals surface area contributed by atoms with E-state index in [1.807, 2.05) is 0 Å². The van der Waals surface area contributed by atoms with Crippen molar-refractivity contribution in [3.8, 4) is 0 Å². The summed E-state index contributed by atoms with van der Waals surface area (Å²) in [7, 11) is 0. The lowest BCUT2D eigenvalue weighted by Crippen LogP contribution is -2.28. The van der Waals surface area contributed by atoms with E-state index in [-0.39, 0.29) is 18.1 Å². The van der Waals surface area contributed by atoms with Crippen molar-refractivity contribution in [3.63, 3.8) is 0 Å². The first-order chi connectivity index (χ1) is 14.1. The molecule has 0 saturated carbocycles. The zero-order valence-electron chi connectivity index (χ0n) is 15.5. The van der Waals surface area contributed by atoms with Crippen molar-refractivity contribution in [2.75, 3.05) is 5.32 Å². The lowest BCUT2D eigenvalue weighted by Gasteiger charge is -2.04. The number of hydrogen-bond acceptors (Lipinski definition) is 5. The summed E-state index contributed by atoms with van der Waals surface area (Å²) in [5, 5.41) is 8.81. The van der Waals surface area contributed by atoms with Gasteiger partial charge < -0.3 is 5.32 Å². The number of hydrogen-bond donors (Lipinski definition) is 1. The highest BCUT2D eigenvalue weighted by Gasteiger charge is 2.21. The van der Waals surface area contributed by atoms with Gasteiger partial charge in [-0.15, -0.1) is 16.4 Å². The molecule has 4 aromatic rings. The van der Waals surface area contributed by atoms with E-state index in [2.05, 4.69) is 15.4 Å². The van der Waals surface area contributed by atoms with Gasteiger partial charge in [0.1, 0.15) is 17.7 Å². The normalized spacial score (nSPS) is 14.1. The van der Waals surface area contributed by atoms with Gasteiger partial charge in [-0.3, -0.25) is 4.79 Å². The van der Waals surface area contributed by atoms with Crippen LogP contribution in [0.25, 0.3) is 15.9 Å². The van der Waals surface area contributed by atoms with Crippen molar-refractivity contribution >= 4 is 50.4 Å². The van der Waals surface area contributed by atoms with E-state index in [0.29, 0.717) is 16.4 Å². The molecule has 0 radical (unpaired) electrons. The van der Waals surface area contributed by atoms with E-state index in [1.54, 1.807) is 35.6 Å². The Morgan fingerprint density at radius 2 is 1.97 bits per heavy atom. The Morgan fingerprint density at radius 3 is 2.79 bits per heavy atom. The summed E-state index contributed by atoms with van der Waals surface area (Å²) in [6, 6.07) is 6.80. The van der Waals surface area contributed by atoms with Crippen LogP contribution in [-0.4, -0.2) is 25.1 Å². The summed E-state index contributed by atoms with van der Waals surface area (Å²) in [6.07, 6.45) is 7.07. The Kier molecular flexibility index (Phi) is 4.60. The molecule has 0 atom stereocenters. The van der Waals surface area contributed by atoms with Gasteiger partial charge in [-0.25, -0.2) is 18.9 Å². The van der Waals surface area contributed by atoms with Gasteiger partial charge in [0, 0.05) is 15.6 Å². The summed E-state index contributed by atoms with van der Waals surface area (Å²) in [5.41, 5.74) is 2.10. The van der Waals surface area contributed by atoms with E-state index in [9.17, 15) is 9.59 Å². The Hall–Kier alpha value is -2.71. The molecule has 0 saturated heterocycles. The Bertz CT molecular complexity index is 1290. The van der Waals surface area contributed by atoms with Gasteiger partial charge in [-0.1, -0.05) is 18.0 Å². The Morgan fingerprint density at radius 1 is 1.17 bits per heavy atom. The SMILES string of the molecule is O=C(Cn1nc2c3c4c(sc3ncn2c1=O)CCCCC4)Nc1ccc(Cl)cc1. The third-order valence-electron chi connectivity index (χ3n) is 5.21. The zero-order chi connectivity index (χ0) is 20.0. The van der Waals surface area contributed by atoms with Crippen LogP contribution in [0.4, 0.5) is 5.69 Å². The molecule has 29 heavy (non-hydrogen) atoms. The number of rotatable bonds is 3. The number of anilines is 1. The first-order valence-electron chi connectivity index (χ1n) is 9.54. The molecule has 0 unspecified atom stereocenters. The molecule has 1 aromatic carbocycles. The highest BCUT2D eigenvalue weighted by atomic mass is 35.5. The van der Waals surface area contributed by atoms with Crippen LogP contribution < -0.4 is 11.0 Å². The molecular weight excluding hydrogens is 410 g/mol. The number of nitrogens with one attached hydrogen (secondary N) is 1. The number of aryl methyl sites for hydroxylation is 2. The third-order valence-corrected chi connectivity index (χ3v) is 6.66. The number of carbonyl (C=O) groups excluding carboxylic acids is 1. The number of carbonyl (C=O) groups is 1. The van der Waals surface area contributed by atoms with E-state index in [1.165, 1.54) is 38.7 Å². The van der Waals surface area contributed by atoms with Gasteiger partial charge in [0.15, 0.2) is 5.65 Å². The second-order valence-corrected chi connectivity index (χ2v) is 8.70. The van der Waals surface area contributed by atoms with Crippen LogP contribution in [-0.2, 0) is 24.2 Å². The van der Waals surface area contributed by atoms with Crippen LogP contribution in [0, 0.1) is 0 Å². The predicted molar refractivity (Wildman–Crippen MR) is 114 cm³/mol. The number of aromatic nitrogens is 4. The second kappa shape index (κ2) is 7.27. The monoisotopic (exact) mass is 427 g/mol. The fraction of sp³-hybridized carbons (Fsp3) is 0.300. The molecule has 1 amide bonds. The van der Waals surface area contributed by atoms with E-state index < -0.39 is 0 Å². The lowest BCUT2D eigenvalue weighted by atomic mass is 10.1. The third kappa shape index (κ3) is 3.32. The first-order valence-corrected chi connectivity index (χ1v) is 10.7. The second-order valence-electron chi connectivity index (χ2n) is 7.18. The van der Waals surface area contributed by atoms with Gasteiger partial charge >= 0.3 is 5.69 Å². The minimum atomic E-state index is -0.366. The number of halogens is 1. The molecule has 3 aromatic heterocycles. The summed E-state index contributed by atoms with van der Waals surface area (Å²) >= 11 is 7.56. The smallest absolute Gasteiger partial charge is 0.324 e. The highest BCUT2D eigenvalue weighted by molar-refractivity contribution is 7.19. The van der Waals surface area contributed by atoms with Crippen molar-refractivity contribution in [3.05, 3.63) is 56.5 Å². The minimum Gasteiger partial charge on any atom is -0.324 e. The quantitative estimate of drug-likeness (QED) is 0.506. The number of amides is 1. The van der Waals surface area contributed by atoms with E-state index >= 15 is 0 Å². The van der Waals surface area contributed by atoms with Crippen LogP contribution in [0.3, 0.4) is 0 Å². The van der Waals surface area contributed by atoms with E-state index in [0.717, 1.165) is 29.5 Å². The standard InChI is InChI=1S/C20H18ClN5O2S/c21-12-6-8-13(9-7-12)23-16(27)10-26-20(28)25-11-22-19-17(18(25)24-26)14-4-2-1-3-5-15(14)29-19/h6-9,11H,1-5,10H2,(H,23,27). The maximum absolute atomic E-state index is 12.8. The Balaban J connectivity index is 1.51. The lowest BCUT2D eigenvalue weighted by molar-refractivity contribution is -0.117. The molecule has 0 bridgehead atoms. The van der Waals surface area contributed by atoms with Gasteiger partial charge in [0.2, 0.25) is 5.91 Å². The van der Waals surface area contributed by atoms with Crippen LogP contribution in [0.15, 0.2) is 35.4 Å². The molecule has 9 heteroatoms. The predicted octanol–water partition coefficient (Wildman–Crippen LogP) is 3.67. The number of benzene rings is 1. The molecule has 1 aliphatic rings. The average Bonchev–Trinajstić information content (AvgIpc) is 3.11. The van der Waals surface area contributed by atoms with E-state index in [4.69, 9.17) is 11.6 Å². The molecule has 1 N–H and O–H groups in total. The molecule has 0 fully saturated rings. The summed E-state index contributed by atoms with van der Waals surface area (Å²) < 4.78 is 2.64. The maximum atomic E-state index is 12.8. The molecular formula is C20H18ClN5O2S. The Labute approximate surface area is 174 Å². The summed E-state index contributed by atoms with van der Waals surface area (Å²) in [5.74, 6) is -0.328. The molecule has 3 heterocycles. The van der Waals surface area contributed by atoms with Crippen molar-refractivity contribution in [2.45, 2.75) is 38.6 Å². The maximum Gasteiger partial charge on any atom is 0.352 e.